The quantitative estimate of drug-likeness (QED) is 0.149. The molecule has 4 aromatic carbocycles. The number of amides is 1. The van der Waals surface area contributed by atoms with E-state index in [0.717, 1.165) is 29.8 Å². The summed E-state index contributed by atoms with van der Waals surface area (Å²) < 4.78 is 5.38. The predicted molar refractivity (Wildman–Crippen MR) is 193 cm³/mol. The first-order valence-corrected chi connectivity index (χ1v) is 16.9. The van der Waals surface area contributed by atoms with Crippen LogP contribution in [0.25, 0.3) is 0 Å². The van der Waals surface area contributed by atoms with E-state index in [-0.39, 0.29) is 42.1 Å². The summed E-state index contributed by atoms with van der Waals surface area (Å²) in [6.45, 7) is 11.7. The number of rotatable bonds is 12. The molecule has 0 spiro atoms. The molecule has 50 heavy (non-hydrogen) atoms. The van der Waals surface area contributed by atoms with Gasteiger partial charge in [-0.1, -0.05) is 48.5 Å². The van der Waals surface area contributed by atoms with Crippen molar-refractivity contribution in [2.75, 3.05) is 32.8 Å². The number of carboxylic acids is 1. The minimum atomic E-state index is -1.00. The molecule has 10 nitrogen and oxygen atoms in total. The molecule has 0 aliphatic carbocycles. The first kappa shape index (κ1) is 37.6. The third-order valence-electron chi connectivity index (χ3n) is 8.83. The van der Waals surface area contributed by atoms with E-state index in [1.165, 1.54) is 12.1 Å². The zero-order valence-corrected chi connectivity index (χ0v) is 29.1. The normalized spacial score (nSPS) is 16.8. The van der Waals surface area contributed by atoms with Crippen molar-refractivity contribution in [2.24, 2.45) is 0 Å². The van der Waals surface area contributed by atoms with Crippen molar-refractivity contribution in [3.05, 3.63) is 125 Å². The van der Waals surface area contributed by atoms with Gasteiger partial charge in [0.2, 0.25) is 0 Å². The fourth-order valence-corrected chi connectivity index (χ4v) is 6.32. The van der Waals surface area contributed by atoms with E-state index in [0.29, 0.717) is 42.8 Å². The first-order valence-electron chi connectivity index (χ1n) is 16.9. The van der Waals surface area contributed by atoms with Crippen LogP contribution in [-0.4, -0.2) is 93.1 Å². The van der Waals surface area contributed by atoms with Gasteiger partial charge in [0.05, 0.1) is 6.04 Å². The average Bonchev–Trinajstić information content (AvgIpc) is 3.10. The lowest BCUT2D eigenvalue weighted by Crippen LogP contribution is -2.56. The Labute approximate surface area is 294 Å². The molecular formula is C40H47N3O7. The van der Waals surface area contributed by atoms with Crippen LogP contribution < -0.4 is 4.74 Å². The molecule has 1 aliphatic heterocycles. The van der Waals surface area contributed by atoms with Gasteiger partial charge in [0.25, 0.3) is 5.91 Å². The van der Waals surface area contributed by atoms with Crippen LogP contribution in [0.3, 0.4) is 0 Å². The maximum absolute atomic E-state index is 13.2. The van der Waals surface area contributed by atoms with Gasteiger partial charge >= 0.3 is 5.97 Å². The number of aliphatic carboxylic acids is 1. The number of ether oxygens (including phenoxy) is 1. The summed E-state index contributed by atoms with van der Waals surface area (Å²) in [7, 11) is 0. The molecule has 1 saturated heterocycles. The van der Waals surface area contributed by atoms with Gasteiger partial charge in [-0.2, -0.15) is 0 Å². The second kappa shape index (κ2) is 18.0. The molecule has 1 fully saturated rings. The number of phenolic OH excluding ortho intramolecular Hbond substituents is 2. The SMILES string of the molecule is CCN(CC)C(=O)c1cccc([C@H](c2cccc(O)c2)N2C[C@@H](C)N(Cc3cccc(OCC(=O)O)c3)C[C@@H]2C)c1.O=Cc1cccc(O)c1. The summed E-state index contributed by atoms with van der Waals surface area (Å²) in [5, 5.41) is 28.1. The number of aldehydes is 1. The molecule has 0 radical (unpaired) electrons. The lowest BCUT2D eigenvalue weighted by molar-refractivity contribution is -0.139. The van der Waals surface area contributed by atoms with Crippen LogP contribution in [-0.2, 0) is 11.3 Å². The van der Waals surface area contributed by atoms with Crippen LogP contribution in [0, 0.1) is 0 Å². The van der Waals surface area contributed by atoms with Crippen molar-refractivity contribution in [3.8, 4) is 17.2 Å². The van der Waals surface area contributed by atoms with Crippen molar-refractivity contribution in [3.63, 3.8) is 0 Å². The largest absolute Gasteiger partial charge is 0.508 e. The summed E-state index contributed by atoms with van der Waals surface area (Å²) in [5.74, 6) is -0.0929. The molecule has 5 rings (SSSR count). The van der Waals surface area contributed by atoms with Gasteiger partial charge in [-0.3, -0.25) is 19.4 Å². The molecule has 1 aliphatic rings. The molecule has 3 N–H and O–H groups in total. The lowest BCUT2D eigenvalue weighted by atomic mass is 9.92. The van der Waals surface area contributed by atoms with Crippen LogP contribution in [0.2, 0.25) is 0 Å². The Morgan fingerprint density at radius 3 is 2.10 bits per heavy atom. The van der Waals surface area contributed by atoms with Crippen LogP contribution in [0.4, 0.5) is 0 Å². The number of carbonyl (C=O) groups excluding carboxylic acids is 2. The standard InChI is InChI=1S/C33H41N3O5.C7H6O2/c1-5-34(6-2)33(40)28-13-8-11-26(17-28)32(27-12-9-14-29(37)18-27)36-20-23(3)35(19-24(36)4)21-25-10-7-15-30(16-25)41-22-31(38)39;8-5-6-2-1-3-7(9)4-6/h7-18,23-24,32,37H,5-6,19-22H2,1-4H3,(H,38,39);1-5,9H/t23-,24+,32-;/m1./s1. The summed E-state index contributed by atoms with van der Waals surface area (Å²) in [6, 6.07) is 29.3. The topological polar surface area (TPSA) is 131 Å². The van der Waals surface area contributed by atoms with Gasteiger partial charge in [-0.25, -0.2) is 4.79 Å². The molecule has 1 heterocycles. The minimum Gasteiger partial charge on any atom is -0.508 e. The van der Waals surface area contributed by atoms with Crippen LogP contribution in [0.5, 0.6) is 17.2 Å². The van der Waals surface area contributed by atoms with Crippen LogP contribution >= 0.6 is 0 Å². The summed E-state index contributed by atoms with van der Waals surface area (Å²) >= 11 is 0. The van der Waals surface area contributed by atoms with Gasteiger partial charge in [0.15, 0.2) is 6.61 Å². The highest BCUT2D eigenvalue weighted by atomic mass is 16.5. The second-order valence-corrected chi connectivity index (χ2v) is 12.5. The van der Waals surface area contributed by atoms with Crippen LogP contribution in [0.15, 0.2) is 97.1 Å². The Morgan fingerprint density at radius 2 is 1.48 bits per heavy atom. The number of aromatic hydroxyl groups is 2. The van der Waals surface area contributed by atoms with E-state index >= 15 is 0 Å². The number of benzene rings is 4. The summed E-state index contributed by atoms with van der Waals surface area (Å²) in [6.07, 6.45) is 0.694. The highest BCUT2D eigenvalue weighted by Crippen LogP contribution is 2.35. The number of hydrogen-bond acceptors (Lipinski definition) is 8. The fraction of sp³-hybridized carbons (Fsp3) is 0.325. The van der Waals surface area contributed by atoms with Gasteiger partial charge in [-0.05, 0) is 92.9 Å². The predicted octanol–water partition coefficient (Wildman–Crippen LogP) is 6.23. The number of hydrogen-bond donors (Lipinski definition) is 3. The highest BCUT2D eigenvalue weighted by Gasteiger charge is 2.35. The Balaban J connectivity index is 0.000000541. The van der Waals surface area contributed by atoms with Gasteiger partial charge < -0.3 is 25.0 Å². The highest BCUT2D eigenvalue weighted by molar-refractivity contribution is 5.94. The maximum Gasteiger partial charge on any atom is 0.341 e. The molecule has 264 valence electrons. The smallest absolute Gasteiger partial charge is 0.341 e. The van der Waals surface area contributed by atoms with E-state index in [1.807, 2.05) is 73.3 Å². The van der Waals surface area contributed by atoms with Crippen molar-refractivity contribution < 1.29 is 34.4 Å². The Kier molecular flexibility index (Phi) is 13.5. The number of phenols is 2. The molecular weight excluding hydrogens is 634 g/mol. The molecule has 0 saturated carbocycles. The number of carboxylic acid groups (broad SMARTS) is 1. The Bertz CT molecular complexity index is 1740. The van der Waals surface area contributed by atoms with Crippen molar-refractivity contribution >= 4 is 18.2 Å². The minimum absolute atomic E-state index is 0.0207. The molecule has 1 amide bonds. The third kappa shape index (κ3) is 10.2. The molecule has 0 aromatic heterocycles. The zero-order chi connectivity index (χ0) is 36.2. The molecule has 3 atom stereocenters. The van der Waals surface area contributed by atoms with Gasteiger partial charge in [0, 0.05) is 55.9 Å². The van der Waals surface area contributed by atoms with E-state index in [1.54, 1.807) is 24.3 Å². The van der Waals surface area contributed by atoms with Gasteiger partial charge in [0.1, 0.15) is 23.5 Å². The number of piperazine rings is 1. The molecule has 0 unspecified atom stereocenters. The van der Waals surface area contributed by atoms with Gasteiger partial charge in [-0.15, -0.1) is 0 Å². The average molecular weight is 682 g/mol. The third-order valence-corrected chi connectivity index (χ3v) is 8.83. The maximum atomic E-state index is 13.2. The first-order chi connectivity index (χ1) is 24.0. The fourth-order valence-electron chi connectivity index (χ4n) is 6.32. The van der Waals surface area contributed by atoms with Crippen molar-refractivity contribution in [1.29, 1.82) is 0 Å². The monoisotopic (exact) mass is 681 g/mol. The number of nitrogens with zero attached hydrogens (tertiary/aromatic N) is 3. The van der Waals surface area contributed by atoms with E-state index in [9.17, 15) is 19.5 Å². The second-order valence-electron chi connectivity index (χ2n) is 12.5. The zero-order valence-electron chi connectivity index (χ0n) is 29.1. The summed E-state index contributed by atoms with van der Waals surface area (Å²) in [4.78, 5) is 40.9. The summed E-state index contributed by atoms with van der Waals surface area (Å²) in [5.41, 5.74) is 4.22. The van der Waals surface area contributed by atoms with E-state index in [2.05, 4.69) is 29.7 Å². The van der Waals surface area contributed by atoms with Crippen LogP contribution in [0.1, 0.15) is 71.1 Å². The number of carbonyl (C=O) groups is 3. The molecule has 0 bridgehead atoms. The lowest BCUT2D eigenvalue weighted by Gasteiger charge is -2.47. The Morgan fingerprint density at radius 1 is 0.840 bits per heavy atom. The van der Waals surface area contributed by atoms with E-state index in [4.69, 9.17) is 14.9 Å². The van der Waals surface area contributed by atoms with E-state index < -0.39 is 5.97 Å². The molecule has 10 heteroatoms. The molecule has 4 aromatic rings. The van der Waals surface area contributed by atoms with Crippen molar-refractivity contribution in [2.45, 2.75) is 52.4 Å². The Hall–Kier alpha value is -5.19. The van der Waals surface area contributed by atoms with Crippen molar-refractivity contribution in [1.82, 2.24) is 14.7 Å².